The smallest absolute Gasteiger partial charge is 0.0222 e. The third kappa shape index (κ3) is 1.87. The molecule has 0 aromatic heterocycles. The fourth-order valence-electron chi connectivity index (χ4n) is 1.16. The lowest BCUT2D eigenvalue weighted by Crippen LogP contribution is -2.41. The predicted molar refractivity (Wildman–Crippen MR) is 43.7 cm³/mol. The van der Waals surface area contributed by atoms with Gasteiger partial charge in [0.1, 0.15) is 0 Å². The molecule has 9 heavy (non-hydrogen) atoms. The Labute approximate surface area is 61.4 Å². The van der Waals surface area contributed by atoms with E-state index in [1.807, 2.05) is 11.8 Å². The van der Waals surface area contributed by atoms with Crippen LogP contribution in [0.15, 0.2) is 0 Å². The summed E-state index contributed by atoms with van der Waals surface area (Å²) < 4.78 is 0. The third-order valence-corrected chi connectivity index (χ3v) is 3.53. The minimum absolute atomic E-state index is 0.0428. The van der Waals surface area contributed by atoms with Gasteiger partial charge in [-0.15, -0.1) is 0 Å². The van der Waals surface area contributed by atoms with Gasteiger partial charge in [0, 0.05) is 10.8 Å². The van der Waals surface area contributed by atoms with Crippen molar-refractivity contribution in [2.45, 2.75) is 37.5 Å². The lowest BCUT2D eigenvalue weighted by molar-refractivity contribution is 0.483. The summed E-state index contributed by atoms with van der Waals surface area (Å²) in [5, 5.41) is 0.706. The Morgan fingerprint density at radius 2 is 2.22 bits per heavy atom. The van der Waals surface area contributed by atoms with Crippen LogP contribution in [0.1, 0.15) is 26.7 Å². The molecule has 1 aliphatic rings. The van der Waals surface area contributed by atoms with Gasteiger partial charge in [0.05, 0.1) is 0 Å². The van der Waals surface area contributed by atoms with E-state index in [2.05, 4.69) is 13.8 Å². The Bertz CT molecular complexity index is 89.6. The highest BCUT2D eigenvalue weighted by Crippen LogP contribution is 2.32. The minimum atomic E-state index is 0.0428. The first kappa shape index (κ1) is 7.42. The second-order valence-electron chi connectivity index (χ2n) is 3.32. The van der Waals surface area contributed by atoms with Gasteiger partial charge in [0.15, 0.2) is 0 Å². The highest BCUT2D eigenvalue weighted by Gasteiger charge is 2.28. The molecule has 1 unspecified atom stereocenters. The van der Waals surface area contributed by atoms with Gasteiger partial charge in [-0.25, -0.2) is 0 Å². The first-order chi connectivity index (χ1) is 4.11. The monoisotopic (exact) mass is 145 g/mol. The minimum Gasteiger partial charge on any atom is -0.325 e. The molecule has 0 saturated carbocycles. The third-order valence-electron chi connectivity index (χ3n) is 1.76. The van der Waals surface area contributed by atoms with Crippen LogP contribution in [0.2, 0.25) is 0 Å². The van der Waals surface area contributed by atoms with Crippen LogP contribution < -0.4 is 5.73 Å². The van der Waals surface area contributed by atoms with Crippen molar-refractivity contribution in [2.75, 3.05) is 5.75 Å². The lowest BCUT2D eigenvalue weighted by atomic mass is 9.99. The zero-order valence-electron chi connectivity index (χ0n) is 6.18. The van der Waals surface area contributed by atoms with E-state index in [4.69, 9.17) is 5.73 Å². The van der Waals surface area contributed by atoms with E-state index in [0.717, 1.165) is 0 Å². The Morgan fingerprint density at radius 3 is 2.44 bits per heavy atom. The van der Waals surface area contributed by atoms with E-state index in [0.29, 0.717) is 5.25 Å². The summed E-state index contributed by atoms with van der Waals surface area (Å²) in [7, 11) is 0. The van der Waals surface area contributed by atoms with Crippen molar-refractivity contribution < 1.29 is 0 Å². The fraction of sp³-hybridized carbons (Fsp3) is 1.00. The Hall–Kier alpha value is 0.310. The number of hydrogen-bond donors (Lipinski definition) is 1. The molecule has 0 amide bonds. The second kappa shape index (κ2) is 2.51. The summed E-state index contributed by atoms with van der Waals surface area (Å²) in [6.07, 6.45) is 2.67. The van der Waals surface area contributed by atoms with Crippen molar-refractivity contribution in [3.63, 3.8) is 0 Å². The van der Waals surface area contributed by atoms with Crippen LogP contribution in [0.25, 0.3) is 0 Å². The standard InChI is InChI=1S/C7H15NS/c1-7(2,8)6-4-3-5-9-6/h6H,3-5,8H2,1-2H3. The molecule has 1 nitrogen and oxygen atoms in total. The Kier molecular flexibility index (Phi) is 2.07. The van der Waals surface area contributed by atoms with Crippen molar-refractivity contribution >= 4 is 11.8 Å². The SMILES string of the molecule is CC(C)(N)C1CCCS1. The van der Waals surface area contributed by atoms with Crippen LogP contribution in [0, 0.1) is 0 Å². The van der Waals surface area contributed by atoms with Crippen molar-refractivity contribution in [3.05, 3.63) is 0 Å². The summed E-state index contributed by atoms with van der Waals surface area (Å²) in [6, 6.07) is 0. The molecule has 1 rings (SSSR count). The van der Waals surface area contributed by atoms with E-state index in [-0.39, 0.29) is 5.54 Å². The van der Waals surface area contributed by atoms with E-state index in [1.54, 1.807) is 0 Å². The molecule has 2 heteroatoms. The quantitative estimate of drug-likeness (QED) is 0.607. The fourth-order valence-corrected chi connectivity index (χ4v) is 2.55. The van der Waals surface area contributed by atoms with Crippen LogP contribution in [0.5, 0.6) is 0 Å². The molecular weight excluding hydrogens is 130 g/mol. The van der Waals surface area contributed by atoms with Crippen LogP contribution in [0.3, 0.4) is 0 Å². The average Bonchev–Trinajstić information content (AvgIpc) is 2.08. The van der Waals surface area contributed by atoms with Gasteiger partial charge < -0.3 is 5.73 Å². The van der Waals surface area contributed by atoms with Crippen molar-refractivity contribution in [3.8, 4) is 0 Å². The highest BCUT2D eigenvalue weighted by molar-refractivity contribution is 8.00. The summed E-state index contributed by atoms with van der Waals surface area (Å²) in [5.41, 5.74) is 5.96. The van der Waals surface area contributed by atoms with E-state index < -0.39 is 0 Å². The Morgan fingerprint density at radius 1 is 1.56 bits per heavy atom. The number of rotatable bonds is 1. The second-order valence-corrected chi connectivity index (χ2v) is 4.63. The molecule has 1 saturated heterocycles. The Balaban J connectivity index is 2.42. The van der Waals surface area contributed by atoms with Gasteiger partial charge >= 0.3 is 0 Å². The average molecular weight is 145 g/mol. The number of nitrogens with two attached hydrogens (primary N) is 1. The molecule has 0 bridgehead atoms. The van der Waals surface area contributed by atoms with E-state index in [1.165, 1.54) is 18.6 Å². The molecule has 0 aromatic rings. The van der Waals surface area contributed by atoms with Gasteiger partial charge in [-0.1, -0.05) is 0 Å². The summed E-state index contributed by atoms with van der Waals surface area (Å²) >= 11 is 2.02. The van der Waals surface area contributed by atoms with E-state index in [9.17, 15) is 0 Å². The molecule has 0 aliphatic carbocycles. The summed E-state index contributed by atoms with van der Waals surface area (Å²) in [6.45, 7) is 4.24. The van der Waals surface area contributed by atoms with Crippen molar-refractivity contribution in [1.29, 1.82) is 0 Å². The first-order valence-corrected chi connectivity index (χ1v) is 4.56. The number of thioether (sulfide) groups is 1. The largest absolute Gasteiger partial charge is 0.325 e. The summed E-state index contributed by atoms with van der Waals surface area (Å²) in [4.78, 5) is 0. The van der Waals surface area contributed by atoms with Gasteiger partial charge in [-0.3, -0.25) is 0 Å². The van der Waals surface area contributed by atoms with Crippen LogP contribution >= 0.6 is 11.8 Å². The maximum absolute atomic E-state index is 5.92. The van der Waals surface area contributed by atoms with Gasteiger partial charge in [-0.2, -0.15) is 11.8 Å². The summed E-state index contributed by atoms with van der Waals surface area (Å²) in [5.74, 6) is 1.31. The topological polar surface area (TPSA) is 26.0 Å². The zero-order valence-corrected chi connectivity index (χ0v) is 7.00. The molecular formula is C7H15NS. The maximum Gasteiger partial charge on any atom is 0.0222 e. The molecule has 1 atom stereocenters. The molecule has 0 radical (unpaired) electrons. The highest BCUT2D eigenvalue weighted by atomic mass is 32.2. The van der Waals surface area contributed by atoms with Gasteiger partial charge in [-0.05, 0) is 32.4 Å². The molecule has 54 valence electrons. The molecule has 2 N–H and O–H groups in total. The van der Waals surface area contributed by atoms with Gasteiger partial charge in [0.2, 0.25) is 0 Å². The van der Waals surface area contributed by atoms with Crippen molar-refractivity contribution in [2.24, 2.45) is 5.73 Å². The predicted octanol–water partition coefficient (Wildman–Crippen LogP) is 1.62. The van der Waals surface area contributed by atoms with Crippen LogP contribution in [-0.2, 0) is 0 Å². The van der Waals surface area contributed by atoms with Gasteiger partial charge in [0.25, 0.3) is 0 Å². The molecule has 1 heterocycles. The van der Waals surface area contributed by atoms with Crippen LogP contribution in [-0.4, -0.2) is 16.5 Å². The van der Waals surface area contributed by atoms with Crippen molar-refractivity contribution in [1.82, 2.24) is 0 Å². The molecule has 1 fully saturated rings. The van der Waals surface area contributed by atoms with Crippen LogP contribution in [0.4, 0.5) is 0 Å². The molecule has 0 spiro atoms. The maximum atomic E-state index is 5.92. The first-order valence-electron chi connectivity index (χ1n) is 3.51. The molecule has 0 aromatic carbocycles. The zero-order chi connectivity index (χ0) is 6.91. The lowest BCUT2D eigenvalue weighted by Gasteiger charge is -2.25. The number of hydrogen-bond acceptors (Lipinski definition) is 2. The van der Waals surface area contributed by atoms with E-state index >= 15 is 0 Å². The molecule has 1 aliphatic heterocycles. The normalized spacial score (nSPS) is 29.0.